The third-order valence-electron chi connectivity index (χ3n) is 3.69. The standard InChI is InChI=1S/C15H21NO2/c1-12-4-6-13(7-5-12)8-10-16-9-2-3-14(11-16)15(17)18/h4-7,14H,2-3,8-11H2,1H3,(H,17,18). The number of aliphatic carboxylic acids is 1. The molecule has 1 aromatic carbocycles. The number of nitrogens with zero attached hydrogens (tertiary/aromatic N) is 1. The summed E-state index contributed by atoms with van der Waals surface area (Å²) in [6.45, 7) is 4.80. The van der Waals surface area contributed by atoms with Gasteiger partial charge in [-0.15, -0.1) is 0 Å². The van der Waals surface area contributed by atoms with Crippen LogP contribution in [0.5, 0.6) is 0 Å². The molecule has 0 aliphatic carbocycles. The van der Waals surface area contributed by atoms with Crippen molar-refractivity contribution in [3.63, 3.8) is 0 Å². The molecule has 1 N–H and O–H groups in total. The third-order valence-corrected chi connectivity index (χ3v) is 3.69. The number of hydrogen-bond acceptors (Lipinski definition) is 2. The lowest BCUT2D eigenvalue weighted by molar-refractivity contribution is -0.143. The van der Waals surface area contributed by atoms with Crippen LogP contribution >= 0.6 is 0 Å². The first-order valence-electron chi connectivity index (χ1n) is 6.66. The molecular weight excluding hydrogens is 226 g/mol. The molecule has 0 spiro atoms. The summed E-state index contributed by atoms with van der Waals surface area (Å²) < 4.78 is 0. The van der Waals surface area contributed by atoms with Gasteiger partial charge in [0.1, 0.15) is 0 Å². The van der Waals surface area contributed by atoms with Crippen molar-refractivity contribution in [1.82, 2.24) is 4.90 Å². The number of aryl methyl sites for hydroxylation is 1. The monoisotopic (exact) mass is 247 g/mol. The van der Waals surface area contributed by atoms with Crippen molar-refractivity contribution in [2.75, 3.05) is 19.6 Å². The maximum atomic E-state index is 11.0. The van der Waals surface area contributed by atoms with Crippen molar-refractivity contribution in [3.8, 4) is 0 Å². The van der Waals surface area contributed by atoms with Gasteiger partial charge in [-0.1, -0.05) is 29.8 Å². The Labute approximate surface area is 108 Å². The Hall–Kier alpha value is -1.35. The highest BCUT2D eigenvalue weighted by Gasteiger charge is 2.24. The molecule has 0 saturated carbocycles. The summed E-state index contributed by atoms with van der Waals surface area (Å²) in [4.78, 5) is 13.3. The number of carboxylic acid groups (broad SMARTS) is 1. The summed E-state index contributed by atoms with van der Waals surface area (Å²) in [5, 5.41) is 9.05. The van der Waals surface area contributed by atoms with Crippen molar-refractivity contribution in [2.45, 2.75) is 26.2 Å². The lowest BCUT2D eigenvalue weighted by Crippen LogP contribution is -2.39. The number of hydrogen-bond donors (Lipinski definition) is 1. The van der Waals surface area contributed by atoms with E-state index >= 15 is 0 Å². The van der Waals surface area contributed by atoms with Gasteiger partial charge >= 0.3 is 5.97 Å². The first kappa shape index (κ1) is 13.1. The number of carboxylic acids is 1. The van der Waals surface area contributed by atoms with Crippen LogP contribution in [0.2, 0.25) is 0 Å². The van der Waals surface area contributed by atoms with Crippen molar-refractivity contribution in [2.24, 2.45) is 5.92 Å². The summed E-state index contributed by atoms with van der Waals surface area (Å²) in [6.07, 6.45) is 2.84. The molecule has 1 aliphatic heterocycles. The van der Waals surface area contributed by atoms with E-state index < -0.39 is 5.97 Å². The van der Waals surface area contributed by atoms with Crippen LogP contribution < -0.4 is 0 Å². The van der Waals surface area contributed by atoms with Gasteiger partial charge in [0.05, 0.1) is 5.92 Å². The summed E-state index contributed by atoms with van der Waals surface area (Å²) in [6, 6.07) is 8.58. The molecule has 3 nitrogen and oxygen atoms in total. The van der Waals surface area contributed by atoms with Crippen LogP contribution in [-0.4, -0.2) is 35.6 Å². The Morgan fingerprint density at radius 2 is 2.11 bits per heavy atom. The third kappa shape index (κ3) is 3.57. The van der Waals surface area contributed by atoms with Gasteiger partial charge in [-0.2, -0.15) is 0 Å². The van der Waals surface area contributed by atoms with E-state index in [-0.39, 0.29) is 5.92 Å². The molecule has 0 amide bonds. The predicted molar refractivity (Wildman–Crippen MR) is 71.7 cm³/mol. The van der Waals surface area contributed by atoms with Gasteiger partial charge in [0.2, 0.25) is 0 Å². The molecule has 0 radical (unpaired) electrons. The summed E-state index contributed by atoms with van der Waals surface area (Å²) in [5.41, 5.74) is 2.61. The summed E-state index contributed by atoms with van der Waals surface area (Å²) in [5.74, 6) is -0.813. The minimum Gasteiger partial charge on any atom is -0.481 e. The molecule has 1 atom stereocenters. The second-order valence-electron chi connectivity index (χ2n) is 5.21. The van der Waals surface area contributed by atoms with E-state index in [1.165, 1.54) is 11.1 Å². The molecule has 1 fully saturated rings. The minimum absolute atomic E-state index is 0.170. The fourth-order valence-electron chi connectivity index (χ4n) is 2.50. The number of likely N-dealkylation sites (tertiary alicyclic amines) is 1. The summed E-state index contributed by atoms with van der Waals surface area (Å²) >= 11 is 0. The van der Waals surface area contributed by atoms with Gasteiger partial charge < -0.3 is 10.0 Å². The fourth-order valence-corrected chi connectivity index (χ4v) is 2.50. The number of benzene rings is 1. The van der Waals surface area contributed by atoms with E-state index in [0.717, 1.165) is 32.4 Å². The molecule has 1 aliphatic rings. The molecule has 0 aromatic heterocycles. The second-order valence-corrected chi connectivity index (χ2v) is 5.21. The predicted octanol–water partition coefficient (Wildman–Crippen LogP) is 2.33. The van der Waals surface area contributed by atoms with E-state index in [1.54, 1.807) is 0 Å². The van der Waals surface area contributed by atoms with Gasteiger partial charge in [-0.25, -0.2) is 0 Å². The maximum Gasteiger partial charge on any atom is 0.307 e. The molecule has 1 heterocycles. The molecule has 3 heteroatoms. The molecule has 18 heavy (non-hydrogen) atoms. The lowest BCUT2D eigenvalue weighted by Gasteiger charge is -2.30. The Morgan fingerprint density at radius 1 is 1.39 bits per heavy atom. The molecule has 1 aromatic rings. The molecule has 0 bridgehead atoms. The van der Waals surface area contributed by atoms with Crippen molar-refractivity contribution in [3.05, 3.63) is 35.4 Å². The zero-order valence-corrected chi connectivity index (χ0v) is 10.9. The SMILES string of the molecule is Cc1ccc(CCN2CCCC(C(=O)O)C2)cc1. The van der Waals surface area contributed by atoms with E-state index in [0.29, 0.717) is 6.54 Å². The van der Waals surface area contributed by atoms with E-state index in [2.05, 4.69) is 36.1 Å². The van der Waals surface area contributed by atoms with Crippen LogP contribution in [0.15, 0.2) is 24.3 Å². The molecule has 1 saturated heterocycles. The lowest BCUT2D eigenvalue weighted by atomic mass is 9.98. The number of piperidine rings is 1. The van der Waals surface area contributed by atoms with Crippen LogP contribution in [0.1, 0.15) is 24.0 Å². The van der Waals surface area contributed by atoms with Gasteiger partial charge in [0.25, 0.3) is 0 Å². The van der Waals surface area contributed by atoms with Crippen LogP contribution in [0, 0.1) is 12.8 Å². The normalized spacial score (nSPS) is 20.8. The van der Waals surface area contributed by atoms with Gasteiger partial charge in [0.15, 0.2) is 0 Å². The van der Waals surface area contributed by atoms with Crippen LogP contribution in [0.25, 0.3) is 0 Å². The smallest absolute Gasteiger partial charge is 0.307 e. The van der Waals surface area contributed by atoms with Crippen LogP contribution in [0.4, 0.5) is 0 Å². The molecular formula is C15H21NO2. The largest absolute Gasteiger partial charge is 0.481 e. The summed E-state index contributed by atoms with van der Waals surface area (Å²) in [7, 11) is 0. The van der Waals surface area contributed by atoms with Crippen LogP contribution in [0.3, 0.4) is 0 Å². The number of carbonyl (C=O) groups is 1. The van der Waals surface area contributed by atoms with Crippen molar-refractivity contribution < 1.29 is 9.90 Å². The molecule has 1 unspecified atom stereocenters. The van der Waals surface area contributed by atoms with Gasteiger partial charge in [0, 0.05) is 13.1 Å². The average Bonchev–Trinajstić information content (AvgIpc) is 2.38. The van der Waals surface area contributed by atoms with Crippen molar-refractivity contribution in [1.29, 1.82) is 0 Å². The maximum absolute atomic E-state index is 11.0. The Kier molecular flexibility index (Phi) is 4.37. The zero-order valence-electron chi connectivity index (χ0n) is 10.9. The van der Waals surface area contributed by atoms with E-state index in [1.807, 2.05) is 0 Å². The quantitative estimate of drug-likeness (QED) is 0.887. The minimum atomic E-state index is -0.643. The number of rotatable bonds is 4. The van der Waals surface area contributed by atoms with Crippen molar-refractivity contribution >= 4 is 5.97 Å². The first-order valence-corrected chi connectivity index (χ1v) is 6.66. The highest BCUT2D eigenvalue weighted by molar-refractivity contribution is 5.70. The van der Waals surface area contributed by atoms with Crippen LogP contribution in [-0.2, 0) is 11.2 Å². The Balaban J connectivity index is 1.82. The van der Waals surface area contributed by atoms with E-state index in [9.17, 15) is 4.79 Å². The molecule has 2 rings (SSSR count). The highest BCUT2D eigenvalue weighted by atomic mass is 16.4. The highest BCUT2D eigenvalue weighted by Crippen LogP contribution is 2.17. The topological polar surface area (TPSA) is 40.5 Å². The average molecular weight is 247 g/mol. The molecule has 98 valence electrons. The van der Waals surface area contributed by atoms with Gasteiger partial charge in [-0.05, 0) is 38.3 Å². The zero-order chi connectivity index (χ0) is 13.0. The Morgan fingerprint density at radius 3 is 2.78 bits per heavy atom. The first-order chi connectivity index (χ1) is 8.65. The van der Waals surface area contributed by atoms with Gasteiger partial charge in [-0.3, -0.25) is 4.79 Å². The second kappa shape index (κ2) is 6.01. The van der Waals surface area contributed by atoms with E-state index in [4.69, 9.17) is 5.11 Å². The fraction of sp³-hybridized carbons (Fsp3) is 0.533. The Bertz CT molecular complexity index is 399.